The summed E-state index contributed by atoms with van der Waals surface area (Å²) < 4.78 is 26.4. The molecule has 0 saturated carbocycles. The first-order chi connectivity index (χ1) is 9.08. The van der Waals surface area contributed by atoms with Crippen molar-refractivity contribution < 1.29 is 8.78 Å². The van der Waals surface area contributed by atoms with Crippen LogP contribution in [0.5, 0.6) is 0 Å². The van der Waals surface area contributed by atoms with Gasteiger partial charge in [0.1, 0.15) is 11.6 Å². The van der Waals surface area contributed by atoms with E-state index in [0.717, 1.165) is 5.56 Å². The van der Waals surface area contributed by atoms with Crippen LogP contribution in [0.15, 0.2) is 42.5 Å². The molecule has 0 unspecified atom stereocenters. The molecule has 2 N–H and O–H groups in total. The third-order valence-corrected chi connectivity index (χ3v) is 3.07. The van der Waals surface area contributed by atoms with Crippen molar-refractivity contribution >= 4 is 11.4 Å². The van der Waals surface area contributed by atoms with Crippen molar-refractivity contribution in [3.8, 4) is 0 Å². The molecule has 0 radical (unpaired) electrons. The Hall–Kier alpha value is -2.10. The van der Waals surface area contributed by atoms with E-state index >= 15 is 0 Å². The van der Waals surface area contributed by atoms with Crippen molar-refractivity contribution in [3.63, 3.8) is 0 Å². The van der Waals surface area contributed by atoms with Crippen LogP contribution in [0.3, 0.4) is 0 Å². The number of likely N-dealkylation sites (N-methyl/N-ethyl adjacent to an activating group) is 1. The number of para-hydroxylation sites is 1. The predicted octanol–water partition coefficient (Wildman–Crippen LogP) is 3.23. The van der Waals surface area contributed by atoms with E-state index in [9.17, 15) is 8.78 Å². The number of hydrogen-bond acceptors (Lipinski definition) is 2. The Bertz CT molecular complexity index is 570. The van der Waals surface area contributed by atoms with Crippen molar-refractivity contribution in [2.24, 2.45) is 0 Å². The summed E-state index contributed by atoms with van der Waals surface area (Å²) in [4.78, 5) is 1.86. The van der Waals surface area contributed by atoms with Crippen LogP contribution in [-0.4, -0.2) is 13.6 Å². The molecule has 4 heteroatoms. The molecule has 0 atom stereocenters. The molecule has 0 saturated heterocycles. The fourth-order valence-electron chi connectivity index (χ4n) is 1.97. The highest BCUT2D eigenvalue weighted by molar-refractivity contribution is 5.67. The summed E-state index contributed by atoms with van der Waals surface area (Å²) in [5, 5.41) is 0. The van der Waals surface area contributed by atoms with Gasteiger partial charge >= 0.3 is 0 Å². The smallest absolute Gasteiger partial charge is 0.148 e. The highest BCUT2D eigenvalue weighted by Crippen LogP contribution is 2.24. The van der Waals surface area contributed by atoms with E-state index in [-0.39, 0.29) is 11.5 Å². The van der Waals surface area contributed by atoms with E-state index in [0.29, 0.717) is 18.7 Å². The maximum absolute atomic E-state index is 13.4. The first-order valence-corrected chi connectivity index (χ1v) is 6.07. The largest absolute Gasteiger partial charge is 0.395 e. The van der Waals surface area contributed by atoms with Crippen molar-refractivity contribution in [1.29, 1.82) is 0 Å². The highest BCUT2D eigenvalue weighted by Gasteiger charge is 2.08. The molecule has 2 aromatic carbocycles. The van der Waals surface area contributed by atoms with Gasteiger partial charge in [-0.05, 0) is 36.2 Å². The molecule has 2 rings (SSSR count). The molecule has 0 amide bonds. The molecule has 0 fully saturated rings. The normalized spacial score (nSPS) is 10.5. The van der Waals surface area contributed by atoms with Crippen molar-refractivity contribution in [1.82, 2.24) is 0 Å². The Morgan fingerprint density at radius 3 is 2.58 bits per heavy atom. The zero-order valence-corrected chi connectivity index (χ0v) is 10.7. The summed E-state index contributed by atoms with van der Waals surface area (Å²) in [6.07, 6.45) is 0.671. The second kappa shape index (κ2) is 5.69. The second-order valence-electron chi connectivity index (χ2n) is 4.47. The fourth-order valence-corrected chi connectivity index (χ4v) is 1.97. The van der Waals surface area contributed by atoms with Gasteiger partial charge in [-0.2, -0.15) is 0 Å². The number of halogens is 2. The Morgan fingerprint density at radius 2 is 1.84 bits per heavy atom. The van der Waals surface area contributed by atoms with Crippen LogP contribution >= 0.6 is 0 Å². The number of rotatable bonds is 4. The van der Waals surface area contributed by atoms with E-state index in [4.69, 9.17) is 5.73 Å². The summed E-state index contributed by atoms with van der Waals surface area (Å²) in [6.45, 7) is 0.636. The van der Waals surface area contributed by atoms with E-state index in [1.54, 1.807) is 18.2 Å². The second-order valence-corrected chi connectivity index (χ2v) is 4.47. The molecule has 2 nitrogen and oxygen atoms in total. The average molecular weight is 262 g/mol. The minimum atomic E-state index is -0.421. The minimum Gasteiger partial charge on any atom is -0.395 e. The number of benzene rings is 2. The molecule has 2 aromatic rings. The van der Waals surface area contributed by atoms with Crippen LogP contribution in [0.1, 0.15) is 5.56 Å². The van der Waals surface area contributed by atoms with Crippen molar-refractivity contribution in [2.75, 3.05) is 24.2 Å². The summed E-state index contributed by atoms with van der Waals surface area (Å²) in [6, 6.07) is 11.2. The number of hydrogen-bond donors (Lipinski definition) is 1. The maximum Gasteiger partial charge on any atom is 0.148 e. The maximum atomic E-state index is 13.4. The van der Waals surface area contributed by atoms with Crippen LogP contribution in [0.4, 0.5) is 20.2 Å². The predicted molar refractivity (Wildman–Crippen MR) is 74.2 cm³/mol. The summed E-state index contributed by atoms with van der Waals surface area (Å²) in [7, 11) is 1.84. The summed E-state index contributed by atoms with van der Waals surface area (Å²) in [5.41, 5.74) is 7.40. The molecule has 0 aliphatic heterocycles. The first-order valence-electron chi connectivity index (χ1n) is 6.07. The Labute approximate surface area is 111 Å². The molecule has 0 aliphatic rings. The number of nitrogens with zero attached hydrogens (tertiary/aromatic N) is 1. The van der Waals surface area contributed by atoms with Gasteiger partial charge in [0.15, 0.2) is 0 Å². The van der Waals surface area contributed by atoms with Crippen LogP contribution < -0.4 is 10.6 Å². The van der Waals surface area contributed by atoms with E-state index < -0.39 is 5.82 Å². The molecule has 100 valence electrons. The zero-order valence-electron chi connectivity index (χ0n) is 10.7. The SMILES string of the molecule is CN(CCc1cccc(F)c1)c1cccc(F)c1N. The molecule has 0 aromatic heterocycles. The monoisotopic (exact) mass is 262 g/mol. The molecule has 0 aliphatic carbocycles. The van der Waals surface area contributed by atoms with E-state index in [1.165, 1.54) is 18.2 Å². The van der Waals surface area contributed by atoms with Crippen LogP contribution in [-0.2, 0) is 6.42 Å². The van der Waals surface area contributed by atoms with Gasteiger partial charge in [0.2, 0.25) is 0 Å². The van der Waals surface area contributed by atoms with Crippen molar-refractivity contribution in [3.05, 3.63) is 59.7 Å². The lowest BCUT2D eigenvalue weighted by atomic mass is 10.1. The Morgan fingerprint density at radius 1 is 1.11 bits per heavy atom. The van der Waals surface area contributed by atoms with Gasteiger partial charge in [-0.15, -0.1) is 0 Å². The molecular formula is C15H16F2N2. The van der Waals surface area contributed by atoms with E-state index in [1.807, 2.05) is 18.0 Å². The summed E-state index contributed by atoms with van der Waals surface area (Å²) >= 11 is 0. The Kier molecular flexibility index (Phi) is 4.00. The molecule has 0 bridgehead atoms. The first kappa shape index (κ1) is 13.3. The van der Waals surface area contributed by atoms with Gasteiger partial charge in [-0.3, -0.25) is 0 Å². The standard InChI is InChI=1S/C15H16F2N2/c1-19(14-7-3-6-13(17)15(14)18)9-8-11-4-2-5-12(16)10-11/h2-7,10H,8-9,18H2,1H3. The number of nitrogen functional groups attached to an aromatic ring is 1. The molecule has 19 heavy (non-hydrogen) atoms. The third kappa shape index (κ3) is 3.22. The topological polar surface area (TPSA) is 29.3 Å². The van der Waals surface area contributed by atoms with Gasteiger partial charge in [0.05, 0.1) is 11.4 Å². The van der Waals surface area contributed by atoms with Gasteiger partial charge < -0.3 is 10.6 Å². The lowest BCUT2D eigenvalue weighted by molar-refractivity contribution is 0.625. The quantitative estimate of drug-likeness (QED) is 0.857. The average Bonchev–Trinajstić information content (AvgIpc) is 2.39. The van der Waals surface area contributed by atoms with Crippen LogP contribution in [0.2, 0.25) is 0 Å². The Balaban J connectivity index is 2.05. The minimum absolute atomic E-state index is 0.143. The van der Waals surface area contributed by atoms with Gasteiger partial charge in [0, 0.05) is 13.6 Å². The van der Waals surface area contributed by atoms with E-state index in [2.05, 4.69) is 0 Å². The zero-order chi connectivity index (χ0) is 13.8. The lowest BCUT2D eigenvalue weighted by Gasteiger charge is -2.21. The van der Waals surface area contributed by atoms with Gasteiger partial charge in [0.25, 0.3) is 0 Å². The molecular weight excluding hydrogens is 246 g/mol. The number of anilines is 2. The third-order valence-electron chi connectivity index (χ3n) is 3.07. The van der Waals surface area contributed by atoms with Crippen molar-refractivity contribution in [2.45, 2.75) is 6.42 Å². The molecule has 0 heterocycles. The molecule has 0 spiro atoms. The van der Waals surface area contributed by atoms with Gasteiger partial charge in [-0.25, -0.2) is 8.78 Å². The number of nitrogens with two attached hydrogens (primary N) is 1. The lowest BCUT2D eigenvalue weighted by Crippen LogP contribution is -2.21. The summed E-state index contributed by atoms with van der Waals surface area (Å²) in [5.74, 6) is -0.666. The van der Waals surface area contributed by atoms with Crippen LogP contribution in [0, 0.1) is 11.6 Å². The highest BCUT2D eigenvalue weighted by atomic mass is 19.1. The van der Waals surface area contributed by atoms with Crippen LogP contribution in [0.25, 0.3) is 0 Å². The fraction of sp³-hybridized carbons (Fsp3) is 0.200. The van der Waals surface area contributed by atoms with Gasteiger partial charge in [-0.1, -0.05) is 18.2 Å².